The molecule has 5 heteroatoms. The van der Waals surface area contributed by atoms with Crippen LogP contribution in [-0.2, 0) is 22.4 Å². The summed E-state index contributed by atoms with van der Waals surface area (Å²) in [6.07, 6.45) is 3.10. The molecule has 1 atom stereocenters. The van der Waals surface area contributed by atoms with Crippen LogP contribution >= 0.6 is 11.3 Å². The van der Waals surface area contributed by atoms with E-state index in [9.17, 15) is 9.59 Å². The average Bonchev–Trinajstić information content (AvgIpc) is 3.19. The number of amides is 1. The number of carbonyl (C=O) groups excluding carboxylic acids is 2. The van der Waals surface area contributed by atoms with E-state index in [0.717, 1.165) is 36.0 Å². The molecule has 4 rings (SSSR count). The van der Waals surface area contributed by atoms with Crippen molar-refractivity contribution in [1.29, 1.82) is 0 Å². The van der Waals surface area contributed by atoms with Crippen LogP contribution < -0.4 is 5.32 Å². The Morgan fingerprint density at radius 2 is 1.62 bits per heavy atom. The minimum absolute atomic E-state index is 0.0659. The lowest BCUT2D eigenvalue weighted by atomic mass is 9.72. The Labute approximate surface area is 206 Å². The molecule has 1 aromatic heterocycles. The second-order valence-corrected chi connectivity index (χ2v) is 11.2. The van der Waals surface area contributed by atoms with Crippen LogP contribution in [0, 0.1) is 11.3 Å². The first-order valence-electron chi connectivity index (χ1n) is 11.9. The highest BCUT2D eigenvalue weighted by Gasteiger charge is 2.34. The maximum Gasteiger partial charge on any atom is 0.341 e. The second kappa shape index (κ2) is 10.1. The minimum Gasteiger partial charge on any atom is -0.465 e. The molecule has 1 unspecified atom stereocenters. The number of hydrogen-bond acceptors (Lipinski definition) is 4. The van der Waals surface area contributed by atoms with Gasteiger partial charge in [0.05, 0.1) is 12.7 Å². The van der Waals surface area contributed by atoms with E-state index >= 15 is 0 Å². The van der Waals surface area contributed by atoms with Crippen LogP contribution in [0.5, 0.6) is 0 Å². The highest BCUT2D eigenvalue weighted by molar-refractivity contribution is 7.17. The molecule has 3 aromatic rings. The van der Waals surface area contributed by atoms with Crippen LogP contribution in [0.2, 0.25) is 0 Å². The third-order valence-corrected chi connectivity index (χ3v) is 8.10. The van der Waals surface area contributed by atoms with E-state index in [1.165, 1.54) is 23.3 Å². The molecule has 0 spiro atoms. The number of benzene rings is 2. The number of carbonyl (C=O) groups is 2. The van der Waals surface area contributed by atoms with Crippen molar-refractivity contribution in [3.63, 3.8) is 0 Å². The Morgan fingerprint density at radius 1 is 1.03 bits per heavy atom. The van der Waals surface area contributed by atoms with Gasteiger partial charge in [0.1, 0.15) is 5.00 Å². The van der Waals surface area contributed by atoms with Crippen LogP contribution in [-0.4, -0.2) is 19.0 Å². The molecule has 0 aliphatic heterocycles. The zero-order valence-corrected chi connectivity index (χ0v) is 21.2. The molecule has 34 heavy (non-hydrogen) atoms. The lowest BCUT2D eigenvalue weighted by Gasteiger charge is -2.33. The van der Waals surface area contributed by atoms with Gasteiger partial charge in [-0.1, -0.05) is 81.4 Å². The first kappa shape index (κ1) is 24.2. The third kappa shape index (κ3) is 5.25. The van der Waals surface area contributed by atoms with E-state index in [2.05, 4.69) is 50.4 Å². The van der Waals surface area contributed by atoms with Crippen molar-refractivity contribution in [2.24, 2.45) is 11.3 Å². The summed E-state index contributed by atoms with van der Waals surface area (Å²) in [5, 5.41) is 3.71. The molecule has 1 amide bonds. The Hall–Kier alpha value is -2.92. The Bertz CT molecular complexity index is 1110. The largest absolute Gasteiger partial charge is 0.465 e. The topological polar surface area (TPSA) is 55.4 Å². The number of nitrogens with one attached hydrogen (secondary N) is 1. The SMILES string of the molecule is COC(=O)c1c(NC(=O)CC(c2ccccc2)c2ccccc2)sc2c1CCC(C(C)(C)C)C2. The van der Waals surface area contributed by atoms with E-state index < -0.39 is 0 Å². The lowest BCUT2D eigenvalue weighted by molar-refractivity contribution is -0.116. The van der Waals surface area contributed by atoms with E-state index in [1.54, 1.807) is 0 Å². The first-order chi connectivity index (χ1) is 16.3. The van der Waals surface area contributed by atoms with Crippen molar-refractivity contribution < 1.29 is 14.3 Å². The molecule has 0 saturated heterocycles. The maximum atomic E-state index is 13.3. The monoisotopic (exact) mass is 475 g/mol. The number of hydrogen-bond donors (Lipinski definition) is 1. The summed E-state index contributed by atoms with van der Waals surface area (Å²) in [5.41, 5.74) is 3.98. The van der Waals surface area contributed by atoms with Crippen LogP contribution in [0.25, 0.3) is 0 Å². The number of ether oxygens (including phenoxy) is 1. The summed E-state index contributed by atoms with van der Waals surface area (Å²) in [4.78, 5) is 27.2. The van der Waals surface area contributed by atoms with Gasteiger partial charge in [0.2, 0.25) is 5.91 Å². The summed E-state index contributed by atoms with van der Waals surface area (Å²) >= 11 is 1.54. The number of esters is 1. The molecule has 1 N–H and O–H groups in total. The van der Waals surface area contributed by atoms with E-state index in [4.69, 9.17) is 4.74 Å². The predicted octanol–water partition coefficient (Wildman–Crippen LogP) is 6.85. The number of thiophene rings is 1. The molecular weight excluding hydrogens is 442 g/mol. The van der Waals surface area contributed by atoms with Gasteiger partial charge in [0, 0.05) is 17.2 Å². The minimum atomic E-state index is -0.371. The molecule has 0 fully saturated rings. The summed E-state index contributed by atoms with van der Waals surface area (Å²) in [6, 6.07) is 20.2. The molecule has 0 radical (unpaired) electrons. The molecule has 2 aromatic carbocycles. The molecule has 0 saturated carbocycles. The first-order valence-corrected chi connectivity index (χ1v) is 12.7. The lowest BCUT2D eigenvalue weighted by Crippen LogP contribution is -2.26. The van der Waals surface area contributed by atoms with Crippen molar-refractivity contribution in [1.82, 2.24) is 0 Å². The number of rotatable bonds is 6. The van der Waals surface area contributed by atoms with Gasteiger partial charge in [-0.3, -0.25) is 4.79 Å². The van der Waals surface area contributed by atoms with E-state index in [-0.39, 0.29) is 23.2 Å². The van der Waals surface area contributed by atoms with Gasteiger partial charge in [0.25, 0.3) is 0 Å². The van der Waals surface area contributed by atoms with Crippen molar-refractivity contribution in [2.45, 2.75) is 52.4 Å². The van der Waals surface area contributed by atoms with Gasteiger partial charge in [-0.05, 0) is 47.3 Å². The normalized spacial score (nSPS) is 15.6. The van der Waals surface area contributed by atoms with Crippen LogP contribution in [0.4, 0.5) is 5.00 Å². The van der Waals surface area contributed by atoms with Crippen molar-refractivity contribution in [3.05, 3.63) is 87.8 Å². The molecule has 1 heterocycles. The van der Waals surface area contributed by atoms with Crippen molar-refractivity contribution in [2.75, 3.05) is 12.4 Å². The van der Waals surface area contributed by atoms with Gasteiger partial charge in [-0.25, -0.2) is 4.79 Å². The standard InChI is InChI=1S/C29H33NO3S/c1-29(2,3)21-15-16-22-24(17-21)34-27(26(22)28(32)33-4)30-25(31)18-23(19-11-7-5-8-12-19)20-13-9-6-10-14-20/h5-14,21,23H,15-18H2,1-4H3,(H,30,31). The molecule has 0 bridgehead atoms. The second-order valence-electron chi connectivity index (χ2n) is 10.1. The summed E-state index contributed by atoms with van der Waals surface area (Å²) in [5.74, 6) is 0.00980. The zero-order valence-electron chi connectivity index (χ0n) is 20.4. The Morgan fingerprint density at radius 3 is 2.15 bits per heavy atom. The van der Waals surface area contributed by atoms with E-state index in [1.807, 2.05) is 36.4 Å². The van der Waals surface area contributed by atoms with Crippen LogP contribution in [0.15, 0.2) is 60.7 Å². The van der Waals surface area contributed by atoms with Crippen molar-refractivity contribution in [3.8, 4) is 0 Å². The quantitative estimate of drug-likeness (QED) is 0.397. The predicted molar refractivity (Wildman–Crippen MR) is 139 cm³/mol. The summed E-state index contributed by atoms with van der Waals surface area (Å²) in [6.45, 7) is 6.81. The van der Waals surface area contributed by atoms with Crippen LogP contribution in [0.1, 0.15) is 71.5 Å². The zero-order chi connectivity index (χ0) is 24.3. The van der Waals surface area contributed by atoms with Gasteiger partial charge in [0.15, 0.2) is 0 Å². The van der Waals surface area contributed by atoms with Crippen molar-refractivity contribution >= 4 is 28.2 Å². The fourth-order valence-electron chi connectivity index (χ4n) is 4.89. The summed E-state index contributed by atoms with van der Waals surface area (Å²) in [7, 11) is 1.40. The average molecular weight is 476 g/mol. The molecular formula is C29H33NO3S. The third-order valence-electron chi connectivity index (χ3n) is 6.93. The fourth-order valence-corrected chi connectivity index (χ4v) is 6.22. The highest BCUT2D eigenvalue weighted by Crippen LogP contribution is 2.44. The molecule has 4 nitrogen and oxygen atoms in total. The van der Waals surface area contributed by atoms with Gasteiger partial charge in [-0.2, -0.15) is 0 Å². The van der Waals surface area contributed by atoms with Gasteiger partial charge in [-0.15, -0.1) is 11.3 Å². The smallest absolute Gasteiger partial charge is 0.341 e. The highest BCUT2D eigenvalue weighted by atomic mass is 32.1. The number of fused-ring (bicyclic) bond motifs is 1. The maximum absolute atomic E-state index is 13.3. The Kier molecular flexibility index (Phi) is 7.22. The number of anilines is 1. The van der Waals surface area contributed by atoms with Gasteiger partial charge >= 0.3 is 5.97 Å². The fraction of sp³-hybridized carbons (Fsp3) is 0.379. The molecule has 178 valence electrons. The molecule has 1 aliphatic rings. The number of methoxy groups -OCH3 is 1. The van der Waals surface area contributed by atoms with E-state index in [0.29, 0.717) is 22.9 Å². The van der Waals surface area contributed by atoms with Crippen LogP contribution in [0.3, 0.4) is 0 Å². The molecule has 1 aliphatic carbocycles. The summed E-state index contributed by atoms with van der Waals surface area (Å²) < 4.78 is 5.11. The van der Waals surface area contributed by atoms with Gasteiger partial charge < -0.3 is 10.1 Å². The Balaban J connectivity index is 1.61.